The second-order valence-electron chi connectivity index (χ2n) is 4.82. The number of benzene rings is 1. The molecule has 0 amide bonds. The van der Waals surface area contributed by atoms with Gasteiger partial charge in [0.05, 0.1) is 18.1 Å². The molecule has 2 rings (SSSR count). The van der Waals surface area contributed by atoms with Crippen LogP contribution in [0.2, 0.25) is 10.0 Å². The Morgan fingerprint density at radius 3 is 2.52 bits per heavy atom. The minimum Gasteiger partial charge on any atom is -0.463 e. The molecule has 0 saturated heterocycles. The van der Waals surface area contributed by atoms with E-state index in [0.717, 1.165) is 0 Å². The molecule has 0 saturated carbocycles. The van der Waals surface area contributed by atoms with Crippen molar-refractivity contribution in [2.75, 3.05) is 6.61 Å². The zero-order chi connectivity index (χ0) is 17.1. The minimum absolute atomic E-state index is 0.0563. The van der Waals surface area contributed by atoms with Crippen molar-refractivity contribution < 1.29 is 14.3 Å². The molecular formula is C16H14Cl2N2O3. The van der Waals surface area contributed by atoms with Crippen molar-refractivity contribution in [3.8, 4) is 6.07 Å². The summed E-state index contributed by atoms with van der Waals surface area (Å²) in [6.07, 6.45) is 0. The Morgan fingerprint density at radius 1 is 1.39 bits per heavy atom. The zero-order valence-electron chi connectivity index (χ0n) is 12.5. The van der Waals surface area contributed by atoms with E-state index in [4.69, 9.17) is 38.4 Å². The van der Waals surface area contributed by atoms with Crippen LogP contribution < -0.4 is 5.73 Å². The van der Waals surface area contributed by atoms with E-state index in [9.17, 15) is 10.1 Å². The molecule has 1 heterocycles. The lowest BCUT2D eigenvalue weighted by Gasteiger charge is -2.27. The molecule has 0 bridgehead atoms. The van der Waals surface area contributed by atoms with E-state index in [1.165, 1.54) is 0 Å². The number of ether oxygens (including phenoxy) is 2. The van der Waals surface area contributed by atoms with E-state index in [1.807, 2.05) is 6.07 Å². The molecule has 1 aromatic rings. The SMILES string of the molecule is CCOC(=O)C1=C(C)OC(N)=C(C#N)C1c1cc(Cl)cc(Cl)c1. The van der Waals surface area contributed by atoms with Crippen molar-refractivity contribution in [3.05, 3.63) is 56.6 Å². The smallest absolute Gasteiger partial charge is 0.338 e. The van der Waals surface area contributed by atoms with Gasteiger partial charge in [0.25, 0.3) is 0 Å². The molecule has 0 spiro atoms. The average molecular weight is 353 g/mol. The van der Waals surface area contributed by atoms with Gasteiger partial charge in [-0.1, -0.05) is 23.2 Å². The van der Waals surface area contributed by atoms with Gasteiger partial charge in [0.2, 0.25) is 5.88 Å². The summed E-state index contributed by atoms with van der Waals surface area (Å²) in [4.78, 5) is 12.3. The maximum Gasteiger partial charge on any atom is 0.338 e. The summed E-state index contributed by atoms with van der Waals surface area (Å²) < 4.78 is 10.4. The Kier molecular flexibility index (Phi) is 5.19. The highest BCUT2D eigenvalue weighted by atomic mass is 35.5. The number of nitrogens with zero attached hydrogens (tertiary/aromatic N) is 1. The number of allylic oxidation sites excluding steroid dienone is 2. The number of nitriles is 1. The van der Waals surface area contributed by atoms with E-state index in [-0.39, 0.29) is 29.4 Å². The van der Waals surface area contributed by atoms with Gasteiger partial charge in [-0.15, -0.1) is 0 Å². The molecule has 1 aliphatic heterocycles. The van der Waals surface area contributed by atoms with Crippen LogP contribution in [0.25, 0.3) is 0 Å². The Hall–Kier alpha value is -2.16. The fraction of sp³-hybridized carbons (Fsp3) is 0.250. The van der Waals surface area contributed by atoms with E-state index in [1.54, 1.807) is 32.0 Å². The van der Waals surface area contributed by atoms with Gasteiger partial charge in [-0.2, -0.15) is 5.26 Å². The molecular weight excluding hydrogens is 339 g/mol. The number of rotatable bonds is 3. The number of hydrogen-bond acceptors (Lipinski definition) is 5. The van der Waals surface area contributed by atoms with Crippen LogP contribution in [0.4, 0.5) is 0 Å². The highest BCUT2D eigenvalue weighted by Gasteiger charge is 2.36. The second kappa shape index (κ2) is 6.95. The fourth-order valence-corrected chi connectivity index (χ4v) is 2.97. The highest BCUT2D eigenvalue weighted by molar-refractivity contribution is 6.34. The standard InChI is InChI=1S/C16H14Cl2N2O3/c1-3-22-16(21)13-8(2)23-15(20)12(7-19)14(13)9-4-10(17)6-11(18)5-9/h4-6,14H,3,20H2,1-2H3. The molecule has 1 atom stereocenters. The van der Waals surface area contributed by atoms with Crippen molar-refractivity contribution >= 4 is 29.2 Å². The van der Waals surface area contributed by atoms with Gasteiger partial charge in [0.1, 0.15) is 17.4 Å². The van der Waals surface area contributed by atoms with Crippen molar-refractivity contribution in [2.45, 2.75) is 19.8 Å². The van der Waals surface area contributed by atoms with Crippen LogP contribution in [-0.2, 0) is 14.3 Å². The first kappa shape index (κ1) is 17.2. The fourth-order valence-electron chi connectivity index (χ4n) is 2.43. The van der Waals surface area contributed by atoms with Crippen molar-refractivity contribution in [2.24, 2.45) is 5.73 Å². The predicted molar refractivity (Wildman–Crippen MR) is 86.4 cm³/mol. The molecule has 0 aromatic heterocycles. The number of carbonyl (C=O) groups is 1. The van der Waals surface area contributed by atoms with Crippen LogP contribution in [0, 0.1) is 11.3 Å². The molecule has 1 unspecified atom stereocenters. The lowest BCUT2D eigenvalue weighted by Crippen LogP contribution is -2.25. The normalized spacial score (nSPS) is 17.6. The first-order chi connectivity index (χ1) is 10.9. The van der Waals surface area contributed by atoms with Gasteiger partial charge < -0.3 is 15.2 Å². The third kappa shape index (κ3) is 3.44. The number of nitrogens with two attached hydrogens (primary N) is 1. The molecule has 2 N–H and O–H groups in total. The molecule has 0 aliphatic carbocycles. The van der Waals surface area contributed by atoms with E-state index >= 15 is 0 Å². The van der Waals surface area contributed by atoms with Gasteiger partial charge in [-0.25, -0.2) is 4.79 Å². The lowest BCUT2D eigenvalue weighted by atomic mass is 9.83. The number of esters is 1. The van der Waals surface area contributed by atoms with Crippen LogP contribution in [-0.4, -0.2) is 12.6 Å². The molecule has 23 heavy (non-hydrogen) atoms. The van der Waals surface area contributed by atoms with Crippen LogP contribution in [0.1, 0.15) is 25.3 Å². The third-order valence-electron chi connectivity index (χ3n) is 3.32. The Morgan fingerprint density at radius 2 is 2.00 bits per heavy atom. The number of halogens is 2. The van der Waals surface area contributed by atoms with Crippen LogP contribution >= 0.6 is 23.2 Å². The minimum atomic E-state index is -0.746. The summed E-state index contributed by atoms with van der Waals surface area (Å²) in [6, 6.07) is 6.80. The zero-order valence-corrected chi connectivity index (χ0v) is 14.0. The predicted octanol–water partition coefficient (Wildman–Crippen LogP) is 3.64. The highest BCUT2D eigenvalue weighted by Crippen LogP contribution is 2.41. The summed E-state index contributed by atoms with van der Waals surface area (Å²) >= 11 is 12.1. The average Bonchev–Trinajstić information content (AvgIpc) is 2.45. The maximum atomic E-state index is 12.3. The second-order valence-corrected chi connectivity index (χ2v) is 5.69. The summed E-state index contributed by atoms with van der Waals surface area (Å²) in [5, 5.41) is 10.2. The summed E-state index contributed by atoms with van der Waals surface area (Å²) in [6.45, 7) is 3.48. The van der Waals surface area contributed by atoms with Gasteiger partial charge in [0.15, 0.2) is 0 Å². The first-order valence-corrected chi connectivity index (χ1v) is 7.56. The van der Waals surface area contributed by atoms with Gasteiger partial charge in [0, 0.05) is 10.0 Å². The molecule has 0 radical (unpaired) electrons. The van der Waals surface area contributed by atoms with Gasteiger partial charge in [-0.05, 0) is 37.6 Å². The molecule has 1 aromatic carbocycles. The summed E-state index contributed by atoms with van der Waals surface area (Å²) in [5.74, 6) is -1.10. The van der Waals surface area contributed by atoms with E-state index < -0.39 is 11.9 Å². The molecule has 7 heteroatoms. The third-order valence-corrected chi connectivity index (χ3v) is 3.76. The molecule has 0 fully saturated rings. The Bertz CT molecular complexity index is 743. The number of carbonyl (C=O) groups excluding carboxylic acids is 1. The van der Waals surface area contributed by atoms with Crippen LogP contribution in [0.3, 0.4) is 0 Å². The first-order valence-electron chi connectivity index (χ1n) is 6.80. The van der Waals surface area contributed by atoms with E-state index in [2.05, 4.69) is 0 Å². The van der Waals surface area contributed by atoms with Crippen LogP contribution in [0.5, 0.6) is 0 Å². The van der Waals surface area contributed by atoms with Crippen LogP contribution in [0.15, 0.2) is 41.0 Å². The maximum absolute atomic E-state index is 12.3. The topological polar surface area (TPSA) is 85.3 Å². The molecule has 1 aliphatic rings. The Balaban J connectivity index is 2.66. The van der Waals surface area contributed by atoms with Crippen molar-refractivity contribution in [3.63, 3.8) is 0 Å². The summed E-state index contributed by atoms with van der Waals surface area (Å²) in [5.41, 5.74) is 6.68. The lowest BCUT2D eigenvalue weighted by molar-refractivity contribution is -0.139. The quantitative estimate of drug-likeness (QED) is 0.839. The summed E-state index contributed by atoms with van der Waals surface area (Å²) in [7, 11) is 0. The molecule has 5 nitrogen and oxygen atoms in total. The van der Waals surface area contributed by atoms with Crippen molar-refractivity contribution in [1.82, 2.24) is 0 Å². The van der Waals surface area contributed by atoms with Gasteiger partial charge in [-0.3, -0.25) is 0 Å². The van der Waals surface area contributed by atoms with E-state index in [0.29, 0.717) is 15.6 Å². The Labute approximate surface area is 143 Å². The largest absolute Gasteiger partial charge is 0.463 e. The number of hydrogen-bond donors (Lipinski definition) is 1. The van der Waals surface area contributed by atoms with Gasteiger partial charge >= 0.3 is 5.97 Å². The molecule has 120 valence electrons. The monoisotopic (exact) mass is 352 g/mol. The van der Waals surface area contributed by atoms with Crippen molar-refractivity contribution in [1.29, 1.82) is 5.26 Å².